The number of carbonyl (C=O) groups excluding carboxylic acids is 1. The summed E-state index contributed by atoms with van der Waals surface area (Å²) in [5.41, 5.74) is 2.73. The number of halogens is 5. The largest absolute Gasteiger partial charge is 0.494 e. The molecule has 0 saturated carbocycles. The van der Waals surface area contributed by atoms with Crippen molar-refractivity contribution in [3.63, 3.8) is 0 Å². The summed E-state index contributed by atoms with van der Waals surface area (Å²) in [6.45, 7) is 7.07. The van der Waals surface area contributed by atoms with Crippen LogP contribution in [0.25, 0.3) is 0 Å². The van der Waals surface area contributed by atoms with Gasteiger partial charge in [-0.2, -0.15) is 13.2 Å². The van der Waals surface area contributed by atoms with E-state index in [1.165, 1.54) is 6.07 Å². The Morgan fingerprint density at radius 3 is 2.02 bits per heavy atom. The van der Waals surface area contributed by atoms with Crippen LogP contribution in [0.1, 0.15) is 54.0 Å². The van der Waals surface area contributed by atoms with Gasteiger partial charge in [-0.15, -0.1) is 0 Å². The molecule has 0 aliphatic rings. The van der Waals surface area contributed by atoms with Crippen molar-refractivity contribution in [2.45, 2.75) is 45.3 Å². The molecule has 9 heteroatoms. The van der Waals surface area contributed by atoms with Crippen molar-refractivity contribution < 1.29 is 22.7 Å². The van der Waals surface area contributed by atoms with Gasteiger partial charge in [0.05, 0.1) is 23.6 Å². The lowest BCUT2D eigenvalue weighted by molar-refractivity contribution is -0.137. The third-order valence-electron chi connectivity index (χ3n) is 7.88. The molecule has 4 rings (SSSR count). The highest BCUT2D eigenvalue weighted by Gasteiger charge is 2.34. The quantitative estimate of drug-likeness (QED) is 0.0685. The number of rotatable bonds is 15. The summed E-state index contributed by atoms with van der Waals surface area (Å²) in [7, 11) is 0. The van der Waals surface area contributed by atoms with Crippen LogP contribution in [0, 0.1) is 0 Å². The SMILES string of the molecule is CCN(CC)C(=O)Cc1cccc(OCCCN(Cc2cccc(C(F)(F)F)c2Cl)CC(c2ccccc2)c2ccccc2)c1.CI. The van der Waals surface area contributed by atoms with E-state index in [4.69, 9.17) is 16.3 Å². The van der Waals surface area contributed by atoms with Crippen LogP contribution in [-0.2, 0) is 23.9 Å². The molecule has 0 bridgehead atoms. The maximum atomic E-state index is 13.7. The van der Waals surface area contributed by atoms with E-state index in [1.807, 2.05) is 79.4 Å². The molecule has 0 unspecified atom stereocenters. The first-order valence-electron chi connectivity index (χ1n) is 15.7. The van der Waals surface area contributed by atoms with Crippen LogP contribution in [0.5, 0.6) is 5.75 Å². The monoisotopic (exact) mass is 778 g/mol. The molecule has 0 aromatic heterocycles. The Morgan fingerprint density at radius 1 is 0.851 bits per heavy atom. The Hall–Kier alpha value is -3.08. The molecular formula is C38H43ClF3IN2O2. The van der Waals surface area contributed by atoms with Crippen molar-refractivity contribution >= 4 is 40.1 Å². The van der Waals surface area contributed by atoms with Gasteiger partial charge in [-0.25, -0.2) is 0 Å². The molecule has 0 atom stereocenters. The topological polar surface area (TPSA) is 32.8 Å². The van der Waals surface area contributed by atoms with Crippen LogP contribution in [0.2, 0.25) is 5.02 Å². The lowest BCUT2D eigenvalue weighted by atomic mass is 9.90. The Labute approximate surface area is 296 Å². The van der Waals surface area contributed by atoms with Gasteiger partial charge in [-0.3, -0.25) is 9.69 Å². The number of carbonyl (C=O) groups is 1. The Bertz CT molecular complexity index is 1460. The van der Waals surface area contributed by atoms with Crippen LogP contribution < -0.4 is 4.74 Å². The van der Waals surface area contributed by atoms with Crippen LogP contribution in [0.4, 0.5) is 13.2 Å². The summed E-state index contributed by atoms with van der Waals surface area (Å²) in [6.07, 6.45) is -3.59. The van der Waals surface area contributed by atoms with Crippen molar-refractivity contribution in [3.05, 3.63) is 136 Å². The highest BCUT2D eigenvalue weighted by molar-refractivity contribution is 14.1. The summed E-state index contributed by atoms with van der Waals surface area (Å²) in [5.74, 6) is 0.754. The maximum Gasteiger partial charge on any atom is 0.417 e. The van der Waals surface area contributed by atoms with Gasteiger partial charge in [0.1, 0.15) is 5.75 Å². The minimum absolute atomic E-state index is 0.00193. The fourth-order valence-corrected chi connectivity index (χ4v) is 5.81. The highest BCUT2D eigenvalue weighted by atomic mass is 127. The third-order valence-corrected chi connectivity index (χ3v) is 8.33. The zero-order valence-electron chi connectivity index (χ0n) is 27.1. The number of nitrogens with zero attached hydrogens (tertiary/aromatic N) is 2. The average Bonchev–Trinajstić information content (AvgIpc) is 3.08. The molecule has 47 heavy (non-hydrogen) atoms. The lowest BCUT2D eigenvalue weighted by Crippen LogP contribution is -2.31. The molecule has 4 aromatic carbocycles. The molecule has 0 aliphatic heterocycles. The van der Waals surface area contributed by atoms with E-state index >= 15 is 0 Å². The molecule has 252 valence electrons. The smallest absolute Gasteiger partial charge is 0.417 e. The minimum Gasteiger partial charge on any atom is -0.494 e. The molecule has 0 aliphatic carbocycles. The molecule has 4 aromatic rings. The third kappa shape index (κ3) is 11.8. The van der Waals surface area contributed by atoms with E-state index in [1.54, 1.807) is 11.0 Å². The van der Waals surface area contributed by atoms with Crippen molar-refractivity contribution in [3.8, 4) is 5.75 Å². The summed E-state index contributed by atoms with van der Waals surface area (Å²) >= 11 is 8.49. The second-order valence-corrected chi connectivity index (χ2v) is 11.4. The van der Waals surface area contributed by atoms with Gasteiger partial charge in [0, 0.05) is 38.6 Å². The van der Waals surface area contributed by atoms with Crippen molar-refractivity contribution in [2.24, 2.45) is 0 Å². The van der Waals surface area contributed by atoms with Gasteiger partial charge in [0.2, 0.25) is 5.91 Å². The molecule has 0 fully saturated rings. The first-order valence-corrected chi connectivity index (χ1v) is 18.3. The van der Waals surface area contributed by atoms with Crippen LogP contribution >= 0.6 is 34.2 Å². The minimum atomic E-state index is -4.53. The van der Waals surface area contributed by atoms with Crippen molar-refractivity contribution in [1.82, 2.24) is 9.80 Å². The van der Waals surface area contributed by atoms with E-state index in [-0.39, 0.29) is 23.4 Å². The fraction of sp³-hybridized carbons (Fsp3) is 0.342. The van der Waals surface area contributed by atoms with E-state index in [0.717, 1.165) is 22.8 Å². The Kier molecular flexibility index (Phi) is 16.1. The second-order valence-electron chi connectivity index (χ2n) is 11.0. The molecule has 0 spiro atoms. The molecular weight excluding hydrogens is 736 g/mol. The van der Waals surface area contributed by atoms with Crippen LogP contribution in [0.15, 0.2) is 103 Å². The standard InChI is InChI=1S/C37H40ClF3N2O2.CH3I/c1-3-43(4-2)35(44)25-28-14-11-20-32(24-28)45-23-13-22-42(26-31-19-12-21-34(36(31)38)37(39,40)41)27-33(29-15-7-5-8-16-29)30-17-9-6-10-18-30;1-2/h5-12,14-21,24,33H,3-4,13,22-23,25-27H2,1-2H3;1H3. The van der Waals surface area contributed by atoms with Gasteiger partial charge in [0.15, 0.2) is 0 Å². The molecule has 0 saturated heterocycles. The first kappa shape index (κ1) is 38.4. The van der Waals surface area contributed by atoms with E-state index in [0.29, 0.717) is 56.9 Å². The second kappa shape index (κ2) is 19.7. The maximum absolute atomic E-state index is 13.7. The zero-order valence-corrected chi connectivity index (χ0v) is 30.1. The number of alkyl halides is 4. The average molecular weight is 779 g/mol. The summed E-state index contributed by atoms with van der Waals surface area (Å²) in [5, 5.41) is -0.265. The Balaban J connectivity index is 0.00000294. The van der Waals surface area contributed by atoms with E-state index in [9.17, 15) is 18.0 Å². The molecule has 4 nitrogen and oxygen atoms in total. The van der Waals surface area contributed by atoms with Gasteiger partial charge in [-0.05, 0) is 65.7 Å². The zero-order chi connectivity index (χ0) is 34.2. The van der Waals surface area contributed by atoms with Crippen LogP contribution in [-0.4, -0.2) is 53.4 Å². The van der Waals surface area contributed by atoms with Crippen molar-refractivity contribution in [1.29, 1.82) is 0 Å². The number of hydrogen-bond donors (Lipinski definition) is 0. The normalized spacial score (nSPS) is 11.3. The molecule has 0 N–H and O–H groups in total. The number of ether oxygens (including phenoxy) is 1. The first-order chi connectivity index (χ1) is 22.7. The van der Waals surface area contributed by atoms with Crippen molar-refractivity contribution in [2.75, 3.05) is 37.7 Å². The van der Waals surface area contributed by atoms with E-state index in [2.05, 4.69) is 51.8 Å². The Morgan fingerprint density at radius 2 is 1.45 bits per heavy atom. The molecule has 0 heterocycles. The number of hydrogen-bond acceptors (Lipinski definition) is 3. The van der Waals surface area contributed by atoms with Crippen LogP contribution in [0.3, 0.4) is 0 Å². The fourth-order valence-electron chi connectivity index (χ4n) is 5.51. The number of likely N-dealkylation sites (N-methyl/N-ethyl adjacent to an activating group) is 1. The van der Waals surface area contributed by atoms with Gasteiger partial charge in [0.25, 0.3) is 0 Å². The molecule has 0 radical (unpaired) electrons. The summed E-state index contributed by atoms with van der Waals surface area (Å²) < 4.78 is 47.1. The van der Waals surface area contributed by atoms with Gasteiger partial charge < -0.3 is 9.64 Å². The van der Waals surface area contributed by atoms with Gasteiger partial charge >= 0.3 is 6.18 Å². The number of amides is 1. The number of benzene rings is 4. The summed E-state index contributed by atoms with van der Waals surface area (Å²) in [4.78, 5) is 18.5. The lowest BCUT2D eigenvalue weighted by Gasteiger charge is -2.29. The van der Waals surface area contributed by atoms with Gasteiger partial charge in [-0.1, -0.05) is 119 Å². The predicted octanol–water partition coefficient (Wildman–Crippen LogP) is 9.92. The molecule has 1 amide bonds. The van der Waals surface area contributed by atoms with E-state index < -0.39 is 11.7 Å². The highest BCUT2D eigenvalue weighted by Crippen LogP contribution is 2.37. The summed E-state index contributed by atoms with van der Waals surface area (Å²) in [6, 6.07) is 31.9. The predicted molar refractivity (Wildman–Crippen MR) is 195 cm³/mol.